The molecule has 3 N–H and O–H groups in total. The molecule has 63 valence electrons. The van der Waals surface area contributed by atoms with E-state index < -0.39 is 0 Å². The minimum Gasteiger partial charge on any atom is -0.351 e. The second-order valence-corrected chi connectivity index (χ2v) is 2.32. The number of carbonyl (C=O) groups is 1. The molecule has 1 radical (unpaired) electrons. The number of carbonyl (C=O) groups excluding carboxylic acids is 1. The van der Waals surface area contributed by atoms with Crippen molar-refractivity contribution in [2.45, 2.75) is 0 Å². The molecule has 0 spiro atoms. The second-order valence-electron chi connectivity index (χ2n) is 2.32. The molecule has 0 unspecified atom stereocenters. The van der Waals surface area contributed by atoms with Crippen molar-refractivity contribution < 1.29 is 4.79 Å². The Morgan fingerprint density at radius 3 is 3.00 bits per heavy atom. The third-order valence-corrected chi connectivity index (χ3v) is 1.38. The first-order valence-electron chi connectivity index (χ1n) is 3.79. The van der Waals surface area contributed by atoms with Crippen molar-refractivity contribution >= 4 is 5.91 Å². The molecule has 3 heteroatoms. The van der Waals surface area contributed by atoms with E-state index in [2.05, 4.69) is 11.4 Å². The Hall–Kier alpha value is -1.35. The van der Waals surface area contributed by atoms with E-state index >= 15 is 0 Å². The fraction of sp³-hybridized carbons (Fsp3) is 0.222. The van der Waals surface area contributed by atoms with E-state index in [1.807, 2.05) is 6.07 Å². The zero-order valence-corrected chi connectivity index (χ0v) is 6.71. The van der Waals surface area contributed by atoms with Crippen LogP contribution in [0.1, 0.15) is 10.4 Å². The molecule has 0 atom stereocenters. The van der Waals surface area contributed by atoms with Gasteiger partial charge in [0, 0.05) is 18.7 Å². The maximum atomic E-state index is 11.2. The maximum Gasteiger partial charge on any atom is 0.251 e. The van der Waals surface area contributed by atoms with Gasteiger partial charge in [0.2, 0.25) is 0 Å². The first kappa shape index (κ1) is 8.74. The Bertz CT molecular complexity index is 246. The first-order chi connectivity index (χ1) is 5.84. The summed E-state index contributed by atoms with van der Waals surface area (Å²) in [5, 5.41) is 2.65. The van der Waals surface area contributed by atoms with E-state index in [-0.39, 0.29) is 5.91 Å². The number of hydrogen-bond acceptors (Lipinski definition) is 2. The maximum absolute atomic E-state index is 11.2. The lowest BCUT2D eigenvalue weighted by Crippen LogP contribution is -2.28. The lowest BCUT2D eigenvalue weighted by atomic mass is 10.2. The highest BCUT2D eigenvalue weighted by molar-refractivity contribution is 5.93. The van der Waals surface area contributed by atoms with Crippen molar-refractivity contribution in [3.8, 4) is 0 Å². The number of nitrogens with one attached hydrogen (secondary N) is 1. The van der Waals surface area contributed by atoms with Crippen LogP contribution in [0.15, 0.2) is 24.3 Å². The van der Waals surface area contributed by atoms with Gasteiger partial charge in [-0.1, -0.05) is 18.2 Å². The summed E-state index contributed by atoms with van der Waals surface area (Å²) in [6.45, 7) is 0.958. The highest BCUT2D eigenvalue weighted by atomic mass is 16.1. The molecule has 0 aromatic heterocycles. The quantitative estimate of drug-likeness (QED) is 0.667. The molecular formula is C9H11N2O. The molecule has 0 aliphatic rings. The predicted molar refractivity (Wildman–Crippen MR) is 46.7 cm³/mol. The van der Waals surface area contributed by atoms with Gasteiger partial charge >= 0.3 is 0 Å². The van der Waals surface area contributed by atoms with Gasteiger partial charge in [0.15, 0.2) is 0 Å². The van der Waals surface area contributed by atoms with Crippen LogP contribution in [0.2, 0.25) is 0 Å². The zero-order valence-electron chi connectivity index (χ0n) is 6.71. The lowest BCUT2D eigenvalue weighted by Gasteiger charge is -2.01. The first-order valence-corrected chi connectivity index (χ1v) is 3.79. The van der Waals surface area contributed by atoms with E-state index in [1.54, 1.807) is 18.2 Å². The third-order valence-electron chi connectivity index (χ3n) is 1.38. The highest BCUT2D eigenvalue weighted by Crippen LogP contribution is 1.95. The normalized spacial score (nSPS) is 9.42. The number of amides is 1. The van der Waals surface area contributed by atoms with Gasteiger partial charge in [-0.3, -0.25) is 4.79 Å². The van der Waals surface area contributed by atoms with Gasteiger partial charge in [-0.05, 0) is 12.1 Å². The van der Waals surface area contributed by atoms with Crippen LogP contribution in [0.4, 0.5) is 0 Å². The molecule has 0 heterocycles. The predicted octanol–water partition coefficient (Wildman–Crippen LogP) is 0.175. The molecule has 0 aliphatic carbocycles. The molecule has 0 bridgehead atoms. The van der Waals surface area contributed by atoms with Crippen LogP contribution < -0.4 is 11.1 Å². The second kappa shape index (κ2) is 4.51. The number of rotatable bonds is 3. The third kappa shape index (κ3) is 2.36. The summed E-state index contributed by atoms with van der Waals surface area (Å²) in [4.78, 5) is 11.2. The summed E-state index contributed by atoms with van der Waals surface area (Å²) in [6.07, 6.45) is 0. The van der Waals surface area contributed by atoms with Crippen molar-refractivity contribution in [1.29, 1.82) is 0 Å². The summed E-state index contributed by atoms with van der Waals surface area (Å²) >= 11 is 0. The monoisotopic (exact) mass is 163 g/mol. The van der Waals surface area contributed by atoms with Gasteiger partial charge in [0.25, 0.3) is 5.91 Å². The Morgan fingerprint density at radius 1 is 1.58 bits per heavy atom. The Kier molecular flexibility index (Phi) is 3.29. The van der Waals surface area contributed by atoms with Crippen LogP contribution in [0.25, 0.3) is 0 Å². The summed E-state index contributed by atoms with van der Waals surface area (Å²) in [6, 6.07) is 9.86. The molecule has 12 heavy (non-hydrogen) atoms. The van der Waals surface area contributed by atoms with Crippen LogP contribution in [-0.4, -0.2) is 19.0 Å². The van der Waals surface area contributed by atoms with Crippen LogP contribution in [0, 0.1) is 6.07 Å². The zero-order chi connectivity index (χ0) is 8.81. The van der Waals surface area contributed by atoms with Crippen molar-refractivity contribution in [2.75, 3.05) is 13.1 Å². The summed E-state index contributed by atoms with van der Waals surface area (Å²) in [7, 11) is 0. The van der Waals surface area contributed by atoms with Gasteiger partial charge in [-0.25, -0.2) is 0 Å². The highest BCUT2D eigenvalue weighted by Gasteiger charge is 2.01. The fourth-order valence-corrected chi connectivity index (χ4v) is 0.815. The van der Waals surface area contributed by atoms with Gasteiger partial charge in [0.1, 0.15) is 0 Å². The van der Waals surface area contributed by atoms with Crippen LogP contribution >= 0.6 is 0 Å². The molecule has 3 nitrogen and oxygen atoms in total. The minimum absolute atomic E-state index is 0.124. The average Bonchev–Trinajstić information content (AvgIpc) is 2.15. The van der Waals surface area contributed by atoms with Crippen molar-refractivity contribution in [3.63, 3.8) is 0 Å². The Morgan fingerprint density at radius 2 is 2.42 bits per heavy atom. The summed E-state index contributed by atoms with van der Waals surface area (Å²) < 4.78 is 0. The van der Waals surface area contributed by atoms with Crippen LogP contribution in [0.3, 0.4) is 0 Å². The summed E-state index contributed by atoms with van der Waals surface area (Å²) in [5.74, 6) is -0.124. The standard InChI is InChI=1S/C9H11N2O/c10-6-7-11-9(12)8-4-2-1-3-5-8/h1-4H,6-7,10H2,(H,11,12). The number of benzene rings is 1. The van der Waals surface area contributed by atoms with Crippen LogP contribution in [0.5, 0.6) is 0 Å². The van der Waals surface area contributed by atoms with Crippen molar-refractivity contribution in [2.24, 2.45) is 5.73 Å². The molecule has 1 rings (SSSR count). The minimum atomic E-state index is -0.124. The van der Waals surface area contributed by atoms with E-state index in [1.165, 1.54) is 0 Å². The average molecular weight is 163 g/mol. The Labute approximate surface area is 71.6 Å². The smallest absolute Gasteiger partial charge is 0.251 e. The van der Waals surface area contributed by atoms with Gasteiger partial charge in [0.05, 0.1) is 0 Å². The fourth-order valence-electron chi connectivity index (χ4n) is 0.815. The van der Waals surface area contributed by atoms with Crippen molar-refractivity contribution in [3.05, 3.63) is 35.9 Å². The van der Waals surface area contributed by atoms with Crippen LogP contribution in [-0.2, 0) is 0 Å². The molecule has 0 aliphatic heterocycles. The van der Waals surface area contributed by atoms with E-state index in [9.17, 15) is 4.79 Å². The number of nitrogens with two attached hydrogens (primary N) is 1. The van der Waals surface area contributed by atoms with Gasteiger partial charge in [-0.15, -0.1) is 0 Å². The molecule has 0 saturated carbocycles. The lowest BCUT2D eigenvalue weighted by molar-refractivity contribution is 0.0954. The van der Waals surface area contributed by atoms with E-state index in [4.69, 9.17) is 5.73 Å². The summed E-state index contributed by atoms with van der Waals surface area (Å²) in [5.41, 5.74) is 5.78. The largest absolute Gasteiger partial charge is 0.351 e. The SMILES string of the molecule is NCCNC(=O)c1[c]cccc1. The molecule has 1 aromatic rings. The van der Waals surface area contributed by atoms with Gasteiger partial charge < -0.3 is 11.1 Å². The molecular weight excluding hydrogens is 152 g/mol. The molecule has 0 fully saturated rings. The van der Waals surface area contributed by atoms with Crippen molar-refractivity contribution in [1.82, 2.24) is 5.32 Å². The van der Waals surface area contributed by atoms with E-state index in [0.29, 0.717) is 18.7 Å². The van der Waals surface area contributed by atoms with E-state index in [0.717, 1.165) is 0 Å². The number of hydrogen-bond donors (Lipinski definition) is 2. The molecule has 1 aromatic carbocycles. The topological polar surface area (TPSA) is 55.1 Å². The molecule has 1 amide bonds. The Balaban J connectivity index is 2.54. The van der Waals surface area contributed by atoms with Gasteiger partial charge in [-0.2, -0.15) is 0 Å². The molecule has 0 saturated heterocycles.